The van der Waals surface area contributed by atoms with Crippen molar-refractivity contribution in [2.45, 2.75) is 59.0 Å². The van der Waals surface area contributed by atoms with Crippen LogP contribution in [0.4, 0.5) is 0 Å². The molecule has 1 fully saturated rings. The number of rotatable bonds is 7. The molecular formula is C26H34N4O. The highest BCUT2D eigenvalue weighted by Gasteiger charge is 2.23. The predicted molar refractivity (Wildman–Crippen MR) is 125 cm³/mol. The first kappa shape index (κ1) is 21.6. The summed E-state index contributed by atoms with van der Waals surface area (Å²) in [6, 6.07) is 12.9. The summed E-state index contributed by atoms with van der Waals surface area (Å²) in [5.74, 6) is 1.45. The van der Waals surface area contributed by atoms with E-state index < -0.39 is 0 Å². The third kappa shape index (κ3) is 5.34. The average Bonchev–Trinajstić information content (AvgIpc) is 3.13. The number of methoxy groups -OCH3 is 1. The number of hydrogen-bond acceptors (Lipinski definition) is 4. The summed E-state index contributed by atoms with van der Waals surface area (Å²) in [5, 5.41) is 4.59. The van der Waals surface area contributed by atoms with Crippen LogP contribution < -0.4 is 4.74 Å². The Labute approximate surface area is 186 Å². The minimum atomic E-state index is 0.541. The number of aryl methyl sites for hydroxylation is 3. The van der Waals surface area contributed by atoms with Crippen LogP contribution in [0.3, 0.4) is 0 Å². The number of benzene rings is 1. The van der Waals surface area contributed by atoms with Gasteiger partial charge in [0, 0.05) is 42.2 Å². The highest BCUT2D eigenvalue weighted by Crippen LogP contribution is 2.29. The van der Waals surface area contributed by atoms with Gasteiger partial charge in [-0.15, -0.1) is 0 Å². The second-order valence-corrected chi connectivity index (χ2v) is 8.72. The Morgan fingerprint density at radius 2 is 1.87 bits per heavy atom. The van der Waals surface area contributed by atoms with Gasteiger partial charge >= 0.3 is 0 Å². The van der Waals surface area contributed by atoms with Crippen molar-refractivity contribution in [1.29, 1.82) is 0 Å². The topological polar surface area (TPSA) is 43.2 Å². The monoisotopic (exact) mass is 418 g/mol. The highest BCUT2D eigenvalue weighted by atomic mass is 16.5. The van der Waals surface area contributed by atoms with Crippen molar-refractivity contribution in [2.75, 3.05) is 20.2 Å². The normalized spacial score (nSPS) is 15.4. The van der Waals surface area contributed by atoms with E-state index in [9.17, 15) is 0 Å². The number of aromatic nitrogens is 3. The third-order valence-electron chi connectivity index (χ3n) is 6.35. The van der Waals surface area contributed by atoms with Crippen LogP contribution in [0.25, 0.3) is 0 Å². The van der Waals surface area contributed by atoms with Gasteiger partial charge in [-0.25, -0.2) is 0 Å². The van der Waals surface area contributed by atoms with Crippen molar-refractivity contribution in [2.24, 2.45) is 0 Å². The fourth-order valence-electron chi connectivity index (χ4n) is 4.60. The Balaban J connectivity index is 1.40. The van der Waals surface area contributed by atoms with E-state index in [-0.39, 0.29) is 0 Å². The highest BCUT2D eigenvalue weighted by molar-refractivity contribution is 5.34. The maximum absolute atomic E-state index is 5.38. The quantitative estimate of drug-likeness (QED) is 0.548. The van der Waals surface area contributed by atoms with Gasteiger partial charge in [0.1, 0.15) is 5.75 Å². The molecule has 31 heavy (non-hydrogen) atoms. The molecule has 1 aliphatic rings. The van der Waals surface area contributed by atoms with Gasteiger partial charge in [0.15, 0.2) is 0 Å². The second-order valence-electron chi connectivity index (χ2n) is 8.72. The number of hydrogen-bond donors (Lipinski definition) is 0. The summed E-state index contributed by atoms with van der Waals surface area (Å²) in [4.78, 5) is 7.48. The molecule has 1 aliphatic heterocycles. The molecule has 3 aromatic rings. The molecule has 0 spiro atoms. The van der Waals surface area contributed by atoms with Crippen LogP contribution in [0.15, 0.2) is 42.6 Å². The number of pyridine rings is 1. The lowest BCUT2D eigenvalue weighted by Crippen LogP contribution is -2.32. The van der Waals surface area contributed by atoms with E-state index in [1.165, 1.54) is 22.4 Å². The largest absolute Gasteiger partial charge is 0.497 e. The maximum atomic E-state index is 5.38. The molecule has 0 saturated carbocycles. The smallest absolute Gasteiger partial charge is 0.119 e. The zero-order valence-corrected chi connectivity index (χ0v) is 19.3. The molecule has 1 aromatic carbocycles. The SMILES string of the molecule is CCn1cc(CN2CCC(c3cc(Cc4cccc(OC)c4)cc(C)n3)CC2)c(C)n1. The summed E-state index contributed by atoms with van der Waals surface area (Å²) in [7, 11) is 1.72. The van der Waals surface area contributed by atoms with Crippen LogP contribution in [-0.2, 0) is 19.5 Å². The van der Waals surface area contributed by atoms with Gasteiger partial charge < -0.3 is 4.74 Å². The lowest BCUT2D eigenvalue weighted by atomic mass is 9.91. The molecule has 0 radical (unpaired) electrons. The van der Waals surface area contributed by atoms with E-state index in [1.54, 1.807) is 7.11 Å². The molecule has 1 saturated heterocycles. The summed E-state index contributed by atoms with van der Waals surface area (Å²) in [5.41, 5.74) is 7.49. The van der Waals surface area contributed by atoms with Gasteiger partial charge in [-0.1, -0.05) is 12.1 Å². The summed E-state index contributed by atoms with van der Waals surface area (Å²) < 4.78 is 7.42. The Kier molecular flexibility index (Phi) is 6.71. The molecule has 0 atom stereocenters. The van der Waals surface area contributed by atoms with Gasteiger partial charge in [-0.3, -0.25) is 14.6 Å². The molecule has 0 aliphatic carbocycles. The van der Waals surface area contributed by atoms with Gasteiger partial charge in [-0.2, -0.15) is 5.10 Å². The van der Waals surface area contributed by atoms with Crippen molar-refractivity contribution >= 4 is 0 Å². The summed E-state index contributed by atoms with van der Waals surface area (Å²) in [6.45, 7) is 10.5. The molecule has 4 rings (SSSR count). The second kappa shape index (κ2) is 9.65. The Morgan fingerprint density at radius 1 is 1.06 bits per heavy atom. The van der Waals surface area contributed by atoms with Crippen LogP contribution in [-0.4, -0.2) is 39.9 Å². The lowest BCUT2D eigenvalue weighted by molar-refractivity contribution is 0.203. The maximum Gasteiger partial charge on any atom is 0.119 e. The van der Waals surface area contributed by atoms with E-state index in [4.69, 9.17) is 9.72 Å². The van der Waals surface area contributed by atoms with Crippen molar-refractivity contribution in [3.8, 4) is 5.75 Å². The zero-order valence-electron chi connectivity index (χ0n) is 19.3. The summed E-state index contributed by atoms with van der Waals surface area (Å²) >= 11 is 0. The fourth-order valence-corrected chi connectivity index (χ4v) is 4.60. The van der Waals surface area contributed by atoms with Crippen molar-refractivity contribution in [3.05, 3.63) is 76.4 Å². The number of likely N-dealkylation sites (tertiary alicyclic amines) is 1. The molecule has 0 unspecified atom stereocenters. The Morgan fingerprint density at radius 3 is 2.58 bits per heavy atom. The number of nitrogens with zero attached hydrogens (tertiary/aromatic N) is 4. The number of piperidine rings is 1. The molecule has 5 nitrogen and oxygen atoms in total. The minimum Gasteiger partial charge on any atom is -0.497 e. The first-order valence-corrected chi connectivity index (χ1v) is 11.4. The van der Waals surface area contributed by atoms with Crippen LogP contribution in [0.1, 0.15) is 59.5 Å². The van der Waals surface area contributed by atoms with E-state index in [2.05, 4.69) is 67.3 Å². The van der Waals surface area contributed by atoms with Gasteiger partial charge in [0.2, 0.25) is 0 Å². The molecule has 0 N–H and O–H groups in total. The van der Waals surface area contributed by atoms with E-state index in [1.807, 2.05) is 10.7 Å². The lowest BCUT2D eigenvalue weighted by Gasteiger charge is -2.31. The predicted octanol–water partition coefficient (Wildman–Crippen LogP) is 4.89. The molecule has 5 heteroatoms. The molecule has 164 valence electrons. The van der Waals surface area contributed by atoms with E-state index in [0.29, 0.717) is 5.92 Å². The molecule has 0 bridgehead atoms. The zero-order chi connectivity index (χ0) is 21.8. The van der Waals surface area contributed by atoms with Gasteiger partial charge in [-0.05, 0) is 88.5 Å². The average molecular weight is 419 g/mol. The van der Waals surface area contributed by atoms with Crippen molar-refractivity contribution < 1.29 is 4.74 Å². The standard InChI is InChI=1S/C26H34N4O/c1-5-30-18-24(20(3)28-30)17-29-11-9-23(10-12-29)26-16-22(13-19(2)27-26)14-21-7-6-8-25(15-21)31-4/h6-8,13,15-16,18,23H,5,9-12,14,17H2,1-4H3. The Hall–Kier alpha value is -2.66. The Bertz CT molecular complexity index is 1020. The minimum absolute atomic E-state index is 0.541. The van der Waals surface area contributed by atoms with E-state index in [0.717, 1.165) is 62.6 Å². The van der Waals surface area contributed by atoms with Crippen LogP contribution in [0, 0.1) is 13.8 Å². The molecule has 0 amide bonds. The van der Waals surface area contributed by atoms with Crippen LogP contribution in [0.2, 0.25) is 0 Å². The molecule has 3 heterocycles. The van der Waals surface area contributed by atoms with Gasteiger partial charge in [0.25, 0.3) is 0 Å². The van der Waals surface area contributed by atoms with E-state index >= 15 is 0 Å². The fraction of sp³-hybridized carbons (Fsp3) is 0.462. The third-order valence-corrected chi connectivity index (χ3v) is 6.35. The van der Waals surface area contributed by atoms with Crippen molar-refractivity contribution in [1.82, 2.24) is 19.7 Å². The number of ether oxygens (including phenoxy) is 1. The molecule has 2 aromatic heterocycles. The first-order chi connectivity index (χ1) is 15.0. The first-order valence-electron chi connectivity index (χ1n) is 11.4. The van der Waals surface area contributed by atoms with Crippen LogP contribution in [0.5, 0.6) is 5.75 Å². The van der Waals surface area contributed by atoms with Gasteiger partial charge in [0.05, 0.1) is 12.8 Å². The summed E-state index contributed by atoms with van der Waals surface area (Å²) in [6.07, 6.45) is 5.44. The molecular weight excluding hydrogens is 384 g/mol. The van der Waals surface area contributed by atoms with Crippen molar-refractivity contribution in [3.63, 3.8) is 0 Å². The van der Waals surface area contributed by atoms with Crippen LogP contribution >= 0.6 is 0 Å².